The van der Waals surface area contributed by atoms with Gasteiger partial charge in [-0.1, -0.05) is 0 Å². The van der Waals surface area contributed by atoms with Gasteiger partial charge in [-0.2, -0.15) is 13.2 Å². The maximum Gasteiger partial charge on any atom is 0.401 e. The van der Waals surface area contributed by atoms with Gasteiger partial charge in [0.05, 0.1) is 13.1 Å². The molecule has 4 nitrogen and oxygen atoms in total. The molecule has 7 heteroatoms. The van der Waals surface area contributed by atoms with Crippen LogP contribution in [-0.2, 0) is 9.53 Å². The Bertz CT molecular complexity index is 266. The molecule has 18 heavy (non-hydrogen) atoms. The smallest absolute Gasteiger partial charge is 0.381 e. The zero-order valence-electron chi connectivity index (χ0n) is 10.3. The van der Waals surface area contributed by atoms with Gasteiger partial charge in [-0.15, -0.1) is 0 Å². The van der Waals surface area contributed by atoms with Crippen molar-refractivity contribution in [2.75, 3.05) is 26.3 Å². The van der Waals surface area contributed by atoms with Gasteiger partial charge in [-0.05, 0) is 25.7 Å². The largest absolute Gasteiger partial charge is 0.401 e. The van der Waals surface area contributed by atoms with E-state index in [1.165, 1.54) is 0 Å². The first-order valence-corrected chi connectivity index (χ1v) is 6.03. The van der Waals surface area contributed by atoms with Gasteiger partial charge in [0.15, 0.2) is 0 Å². The number of hydrogen-bond acceptors (Lipinski definition) is 3. The molecule has 0 aromatic carbocycles. The normalized spacial score (nSPS) is 19.6. The zero-order chi connectivity index (χ0) is 13.6. The second-order valence-electron chi connectivity index (χ2n) is 4.52. The number of carbonyl (C=O) groups is 1. The lowest BCUT2D eigenvalue weighted by atomic mass is 9.93. The molecule has 106 valence electrons. The summed E-state index contributed by atoms with van der Waals surface area (Å²) >= 11 is 0. The second-order valence-corrected chi connectivity index (χ2v) is 4.52. The molecular formula is C11H19F3N2O2. The van der Waals surface area contributed by atoms with E-state index in [1.54, 1.807) is 0 Å². The van der Waals surface area contributed by atoms with Crippen molar-refractivity contribution in [3.8, 4) is 0 Å². The lowest BCUT2D eigenvalue weighted by Gasteiger charge is -2.28. The van der Waals surface area contributed by atoms with E-state index in [2.05, 4.69) is 10.6 Å². The molecule has 1 aliphatic heterocycles. The van der Waals surface area contributed by atoms with Crippen molar-refractivity contribution < 1.29 is 22.7 Å². The summed E-state index contributed by atoms with van der Waals surface area (Å²) in [6, 6.07) is -0.0333. The van der Waals surface area contributed by atoms with Gasteiger partial charge >= 0.3 is 6.18 Å². The molecule has 1 rings (SSSR count). The molecule has 1 unspecified atom stereocenters. The van der Waals surface area contributed by atoms with Crippen molar-refractivity contribution in [2.45, 2.75) is 32.0 Å². The molecule has 0 radical (unpaired) electrons. The highest BCUT2D eigenvalue weighted by atomic mass is 19.4. The first kappa shape index (κ1) is 15.2. The summed E-state index contributed by atoms with van der Waals surface area (Å²) < 4.78 is 40.8. The lowest BCUT2D eigenvalue weighted by Crippen LogP contribution is -2.45. The number of alkyl halides is 3. The molecule has 1 saturated heterocycles. The molecular weight excluding hydrogens is 249 g/mol. The Morgan fingerprint density at radius 1 is 1.39 bits per heavy atom. The van der Waals surface area contributed by atoms with Crippen molar-refractivity contribution in [1.29, 1.82) is 0 Å². The molecule has 1 fully saturated rings. The van der Waals surface area contributed by atoms with Crippen molar-refractivity contribution >= 4 is 5.91 Å². The van der Waals surface area contributed by atoms with Gasteiger partial charge in [0.1, 0.15) is 0 Å². The molecule has 0 aromatic heterocycles. The Kier molecular flexibility index (Phi) is 5.87. The predicted molar refractivity (Wildman–Crippen MR) is 60.1 cm³/mol. The average Bonchev–Trinajstić information content (AvgIpc) is 2.28. The summed E-state index contributed by atoms with van der Waals surface area (Å²) in [4.78, 5) is 11.4. The van der Waals surface area contributed by atoms with Gasteiger partial charge in [0.2, 0.25) is 5.91 Å². The van der Waals surface area contributed by atoms with E-state index in [9.17, 15) is 18.0 Å². The van der Waals surface area contributed by atoms with Crippen LogP contribution in [0.15, 0.2) is 0 Å². The Hall–Kier alpha value is -0.820. The highest BCUT2D eigenvalue weighted by molar-refractivity contribution is 5.78. The zero-order valence-corrected chi connectivity index (χ0v) is 10.3. The van der Waals surface area contributed by atoms with Crippen LogP contribution in [0, 0.1) is 5.92 Å². The topological polar surface area (TPSA) is 50.4 Å². The SMILES string of the molecule is CC(NC(=O)CNCC(F)(F)F)C1CCOCC1. The Labute approximate surface area is 104 Å². The molecule has 1 aliphatic rings. The molecule has 0 aromatic rings. The van der Waals surface area contributed by atoms with Crippen molar-refractivity contribution in [3.63, 3.8) is 0 Å². The molecule has 2 N–H and O–H groups in total. The third-order valence-corrected chi connectivity index (χ3v) is 2.97. The summed E-state index contributed by atoms with van der Waals surface area (Å²) in [5, 5.41) is 4.78. The number of ether oxygens (including phenoxy) is 1. The maximum atomic E-state index is 11.9. The maximum absolute atomic E-state index is 11.9. The van der Waals surface area contributed by atoms with Crippen LogP contribution in [-0.4, -0.2) is 44.4 Å². The standard InChI is InChI=1S/C11H19F3N2O2/c1-8(9-2-4-18-5-3-9)16-10(17)6-15-7-11(12,13)14/h8-9,15H,2-7H2,1H3,(H,16,17). The van der Waals surface area contributed by atoms with Crippen LogP contribution in [0.25, 0.3) is 0 Å². The van der Waals surface area contributed by atoms with Crippen LogP contribution in [0.1, 0.15) is 19.8 Å². The fourth-order valence-electron chi connectivity index (χ4n) is 1.96. The second kappa shape index (κ2) is 6.94. The Balaban J connectivity index is 2.18. The lowest BCUT2D eigenvalue weighted by molar-refractivity contribution is -0.128. The Morgan fingerprint density at radius 3 is 2.56 bits per heavy atom. The number of carbonyl (C=O) groups excluding carboxylic acids is 1. The molecule has 0 aliphatic carbocycles. The summed E-state index contributed by atoms with van der Waals surface area (Å²) in [5.74, 6) is -0.0662. The fourth-order valence-corrected chi connectivity index (χ4v) is 1.96. The minimum absolute atomic E-state index is 0.0333. The van der Waals surface area contributed by atoms with Gasteiger partial charge in [-0.3, -0.25) is 4.79 Å². The first-order valence-electron chi connectivity index (χ1n) is 6.03. The number of rotatable bonds is 5. The third-order valence-electron chi connectivity index (χ3n) is 2.97. The Morgan fingerprint density at radius 2 is 2.00 bits per heavy atom. The molecule has 0 saturated carbocycles. The quantitative estimate of drug-likeness (QED) is 0.784. The minimum Gasteiger partial charge on any atom is -0.381 e. The van der Waals surface area contributed by atoms with E-state index in [0.29, 0.717) is 19.1 Å². The van der Waals surface area contributed by atoms with Crippen LogP contribution >= 0.6 is 0 Å². The van der Waals surface area contributed by atoms with Crippen LogP contribution in [0.3, 0.4) is 0 Å². The van der Waals surface area contributed by atoms with Crippen molar-refractivity contribution in [2.24, 2.45) is 5.92 Å². The highest BCUT2D eigenvalue weighted by Crippen LogP contribution is 2.18. The van der Waals surface area contributed by atoms with Crippen LogP contribution < -0.4 is 10.6 Å². The molecule has 0 bridgehead atoms. The van der Waals surface area contributed by atoms with Gasteiger partial charge < -0.3 is 15.4 Å². The van der Waals surface area contributed by atoms with Gasteiger partial charge in [-0.25, -0.2) is 0 Å². The minimum atomic E-state index is -4.29. The number of hydrogen-bond donors (Lipinski definition) is 2. The van der Waals surface area contributed by atoms with Gasteiger partial charge in [0, 0.05) is 19.3 Å². The van der Waals surface area contributed by atoms with E-state index < -0.39 is 18.6 Å². The monoisotopic (exact) mass is 268 g/mol. The van der Waals surface area contributed by atoms with E-state index in [-0.39, 0.29) is 12.6 Å². The summed E-state index contributed by atoms with van der Waals surface area (Å²) in [5.41, 5.74) is 0. The summed E-state index contributed by atoms with van der Waals surface area (Å²) in [6.45, 7) is 1.77. The van der Waals surface area contributed by atoms with Crippen LogP contribution in [0.5, 0.6) is 0 Å². The highest BCUT2D eigenvalue weighted by Gasteiger charge is 2.27. The third kappa shape index (κ3) is 6.20. The fraction of sp³-hybridized carbons (Fsp3) is 0.909. The van der Waals surface area contributed by atoms with Crippen molar-refractivity contribution in [3.05, 3.63) is 0 Å². The number of nitrogens with one attached hydrogen (secondary N) is 2. The predicted octanol–water partition coefficient (Wildman–Crippen LogP) is 1.07. The van der Waals surface area contributed by atoms with Crippen LogP contribution in [0.2, 0.25) is 0 Å². The first-order chi connectivity index (χ1) is 8.38. The van der Waals surface area contributed by atoms with Crippen LogP contribution in [0.4, 0.5) is 13.2 Å². The van der Waals surface area contributed by atoms with Crippen molar-refractivity contribution in [1.82, 2.24) is 10.6 Å². The average molecular weight is 268 g/mol. The van der Waals surface area contributed by atoms with E-state index in [0.717, 1.165) is 12.8 Å². The van der Waals surface area contributed by atoms with E-state index >= 15 is 0 Å². The summed E-state index contributed by atoms with van der Waals surface area (Å²) in [6.07, 6.45) is -2.54. The number of halogens is 3. The summed E-state index contributed by atoms with van der Waals surface area (Å²) in [7, 11) is 0. The van der Waals surface area contributed by atoms with E-state index in [1.807, 2.05) is 6.92 Å². The molecule has 1 atom stereocenters. The molecule has 1 heterocycles. The molecule has 0 spiro atoms. The number of amides is 1. The van der Waals surface area contributed by atoms with Gasteiger partial charge in [0.25, 0.3) is 0 Å². The molecule has 1 amide bonds. The van der Waals surface area contributed by atoms with E-state index in [4.69, 9.17) is 4.74 Å².